The summed E-state index contributed by atoms with van der Waals surface area (Å²) in [6.07, 6.45) is 1.11. The van der Waals surface area contributed by atoms with Gasteiger partial charge in [-0.15, -0.1) is 0 Å². The van der Waals surface area contributed by atoms with Crippen molar-refractivity contribution in [2.45, 2.75) is 39.5 Å². The number of benzene rings is 2. The molecule has 0 atom stereocenters. The maximum atomic E-state index is 13.2. The SMILES string of the molecule is CC(=O)N1CC2(CCN(c3ccc(CN(CC(C)C)S(=O)(=O)Cc4ccccc4)cc3)C2)C1. The Kier molecular flexibility index (Phi) is 6.82. The molecule has 178 valence electrons. The number of hydrogen-bond donors (Lipinski definition) is 0. The molecule has 0 saturated carbocycles. The molecule has 7 heteroatoms. The van der Waals surface area contributed by atoms with E-state index in [1.54, 1.807) is 11.2 Å². The fourth-order valence-electron chi connectivity index (χ4n) is 4.98. The Labute approximate surface area is 198 Å². The summed E-state index contributed by atoms with van der Waals surface area (Å²) in [5.41, 5.74) is 3.21. The summed E-state index contributed by atoms with van der Waals surface area (Å²) in [7, 11) is -3.43. The Morgan fingerprint density at radius 2 is 1.67 bits per heavy atom. The zero-order chi connectivity index (χ0) is 23.6. The van der Waals surface area contributed by atoms with Crippen LogP contribution in [0.1, 0.15) is 38.3 Å². The fraction of sp³-hybridized carbons (Fsp3) is 0.500. The smallest absolute Gasteiger partial charge is 0.219 e. The molecule has 1 spiro atoms. The summed E-state index contributed by atoms with van der Waals surface area (Å²) in [5, 5.41) is 0. The van der Waals surface area contributed by atoms with Crippen LogP contribution in [-0.4, -0.2) is 56.3 Å². The number of rotatable bonds is 8. The van der Waals surface area contributed by atoms with E-state index in [0.717, 1.165) is 43.7 Å². The highest BCUT2D eigenvalue weighted by Crippen LogP contribution is 2.41. The van der Waals surface area contributed by atoms with Gasteiger partial charge in [-0.25, -0.2) is 8.42 Å². The zero-order valence-corrected chi connectivity index (χ0v) is 20.7. The highest BCUT2D eigenvalue weighted by Gasteiger charge is 2.48. The fourth-order valence-corrected chi connectivity index (χ4v) is 6.64. The summed E-state index contributed by atoms with van der Waals surface area (Å²) >= 11 is 0. The number of hydrogen-bond acceptors (Lipinski definition) is 4. The number of anilines is 1. The van der Waals surface area contributed by atoms with E-state index in [1.165, 1.54) is 5.69 Å². The molecule has 4 rings (SSSR count). The molecular formula is C26H35N3O3S. The van der Waals surface area contributed by atoms with Crippen LogP contribution in [0.3, 0.4) is 0 Å². The van der Waals surface area contributed by atoms with Crippen molar-refractivity contribution in [3.05, 3.63) is 65.7 Å². The van der Waals surface area contributed by atoms with Gasteiger partial charge in [-0.2, -0.15) is 4.31 Å². The number of sulfonamides is 1. The number of nitrogens with zero attached hydrogens (tertiary/aromatic N) is 3. The molecule has 0 N–H and O–H groups in total. The van der Waals surface area contributed by atoms with E-state index >= 15 is 0 Å². The van der Waals surface area contributed by atoms with Crippen LogP contribution in [0.25, 0.3) is 0 Å². The molecule has 2 aliphatic heterocycles. The standard InChI is InChI=1S/C26H35N3O3S/c1-21(2)15-29(33(31,32)17-24-7-5-4-6-8-24)16-23-9-11-25(12-10-23)27-14-13-26(18-27)19-28(20-26)22(3)30/h4-12,21H,13-20H2,1-3H3. The summed E-state index contributed by atoms with van der Waals surface area (Å²) < 4.78 is 28.0. The lowest BCUT2D eigenvalue weighted by molar-refractivity contribution is -0.139. The van der Waals surface area contributed by atoms with Gasteiger partial charge in [-0.3, -0.25) is 4.79 Å². The molecule has 0 radical (unpaired) electrons. The molecule has 2 heterocycles. The van der Waals surface area contributed by atoms with E-state index in [1.807, 2.05) is 61.2 Å². The largest absolute Gasteiger partial charge is 0.371 e. The van der Waals surface area contributed by atoms with Crippen molar-refractivity contribution in [1.29, 1.82) is 0 Å². The molecule has 2 fully saturated rings. The average molecular weight is 470 g/mol. The Bertz CT molecular complexity index is 1060. The van der Waals surface area contributed by atoms with Crippen molar-refractivity contribution >= 4 is 21.6 Å². The second kappa shape index (κ2) is 9.47. The van der Waals surface area contributed by atoms with Crippen LogP contribution in [-0.2, 0) is 27.1 Å². The van der Waals surface area contributed by atoms with Gasteiger partial charge in [0.1, 0.15) is 0 Å². The van der Waals surface area contributed by atoms with Crippen molar-refractivity contribution in [1.82, 2.24) is 9.21 Å². The molecule has 2 aromatic rings. The summed E-state index contributed by atoms with van der Waals surface area (Å²) in [6, 6.07) is 17.7. The van der Waals surface area contributed by atoms with Gasteiger partial charge in [-0.05, 0) is 35.6 Å². The molecule has 0 aromatic heterocycles. The van der Waals surface area contributed by atoms with Gasteiger partial charge in [0.15, 0.2) is 0 Å². The van der Waals surface area contributed by atoms with Crippen molar-refractivity contribution in [3.8, 4) is 0 Å². The maximum absolute atomic E-state index is 13.2. The minimum Gasteiger partial charge on any atom is -0.371 e. The second-order valence-corrected chi connectivity index (χ2v) is 12.1. The van der Waals surface area contributed by atoms with Crippen LogP contribution in [0.15, 0.2) is 54.6 Å². The van der Waals surface area contributed by atoms with Crippen molar-refractivity contribution < 1.29 is 13.2 Å². The highest BCUT2D eigenvalue weighted by molar-refractivity contribution is 7.88. The molecular weight excluding hydrogens is 434 g/mol. The van der Waals surface area contributed by atoms with Gasteiger partial charge in [0.25, 0.3) is 0 Å². The molecule has 2 saturated heterocycles. The first-order valence-corrected chi connectivity index (χ1v) is 13.4. The van der Waals surface area contributed by atoms with Crippen LogP contribution in [0.5, 0.6) is 0 Å². The minimum atomic E-state index is -3.43. The number of amides is 1. The molecule has 2 aromatic carbocycles. The lowest BCUT2D eigenvalue weighted by atomic mass is 9.79. The molecule has 2 aliphatic rings. The topological polar surface area (TPSA) is 60.9 Å². The van der Waals surface area contributed by atoms with E-state index in [4.69, 9.17) is 0 Å². The van der Waals surface area contributed by atoms with Gasteiger partial charge in [0, 0.05) is 57.3 Å². The molecule has 0 bridgehead atoms. The minimum absolute atomic E-state index is 0.0196. The molecule has 0 aliphatic carbocycles. The summed E-state index contributed by atoms with van der Waals surface area (Å²) in [4.78, 5) is 15.9. The van der Waals surface area contributed by atoms with Crippen LogP contribution in [0.2, 0.25) is 0 Å². The molecule has 33 heavy (non-hydrogen) atoms. The van der Waals surface area contributed by atoms with Crippen LogP contribution < -0.4 is 4.90 Å². The average Bonchev–Trinajstić information content (AvgIpc) is 3.19. The Morgan fingerprint density at radius 3 is 2.27 bits per heavy atom. The second-order valence-electron chi connectivity index (χ2n) is 10.1. The third-order valence-electron chi connectivity index (χ3n) is 6.75. The zero-order valence-electron chi connectivity index (χ0n) is 19.9. The Morgan fingerprint density at radius 1 is 1.00 bits per heavy atom. The Hall–Kier alpha value is -2.38. The van der Waals surface area contributed by atoms with Gasteiger partial charge in [-0.1, -0.05) is 56.3 Å². The van der Waals surface area contributed by atoms with E-state index in [-0.39, 0.29) is 23.0 Å². The van der Waals surface area contributed by atoms with E-state index in [2.05, 4.69) is 17.0 Å². The Balaban J connectivity index is 1.41. The summed E-state index contributed by atoms with van der Waals surface area (Å²) in [6.45, 7) is 10.3. The number of carbonyl (C=O) groups is 1. The lowest BCUT2D eigenvalue weighted by Gasteiger charge is -2.47. The number of carbonyl (C=O) groups excluding carboxylic acids is 1. The van der Waals surface area contributed by atoms with Crippen molar-refractivity contribution in [2.24, 2.45) is 11.3 Å². The first-order valence-electron chi connectivity index (χ1n) is 11.8. The molecule has 6 nitrogen and oxygen atoms in total. The quantitative estimate of drug-likeness (QED) is 0.591. The van der Waals surface area contributed by atoms with Crippen LogP contribution in [0.4, 0.5) is 5.69 Å². The normalized spacial score (nSPS) is 17.7. The summed E-state index contributed by atoms with van der Waals surface area (Å²) in [5.74, 6) is 0.426. The molecule has 0 unspecified atom stereocenters. The first kappa shape index (κ1) is 23.8. The van der Waals surface area contributed by atoms with Crippen LogP contribution >= 0.6 is 0 Å². The van der Waals surface area contributed by atoms with Gasteiger partial charge in [0.05, 0.1) is 5.75 Å². The number of likely N-dealkylation sites (tertiary alicyclic amines) is 1. The van der Waals surface area contributed by atoms with Gasteiger partial charge >= 0.3 is 0 Å². The monoisotopic (exact) mass is 469 g/mol. The maximum Gasteiger partial charge on any atom is 0.219 e. The lowest BCUT2D eigenvalue weighted by Crippen LogP contribution is -2.58. The predicted molar refractivity (Wildman–Crippen MR) is 132 cm³/mol. The van der Waals surface area contributed by atoms with Gasteiger partial charge < -0.3 is 9.80 Å². The van der Waals surface area contributed by atoms with Crippen LogP contribution in [0, 0.1) is 11.3 Å². The van der Waals surface area contributed by atoms with Gasteiger partial charge in [0.2, 0.25) is 15.9 Å². The first-order chi connectivity index (χ1) is 15.7. The third-order valence-corrected chi connectivity index (χ3v) is 8.51. The van der Waals surface area contributed by atoms with E-state index < -0.39 is 10.0 Å². The van der Waals surface area contributed by atoms with Crippen molar-refractivity contribution in [2.75, 3.05) is 37.6 Å². The molecule has 1 amide bonds. The van der Waals surface area contributed by atoms with Crippen molar-refractivity contribution in [3.63, 3.8) is 0 Å². The highest BCUT2D eigenvalue weighted by atomic mass is 32.2. The predicted octanol–water partition coefficient (Wildman–Crippen LogP) is 3.73. The van der Waals surface area contributed by atoms with E-state index in [0.29, 0.717) is 13.1 Å². The van der Waals surface area contributed by atoms with E-state index in [9.17, 15) is 13.2 Å². The third kappa shape index (κ3) is 5.58.